The van der Waals surface area contributed by atoms with E-state index in [0.717, 1.165) is 51.2 Å². The molecule has 1 aliphatic carbocycles. The molecule has 29 heavy (non-hydrogen) atoms. The fourth-order valence-electron chi connectivity index (χ4n) is 3.11. The molecule has 8 nitrogen and oxygen atoms in total. The van der Waals surface area contributed by atoms with Crippen molar-refractivity contribution in [2.45, 2.75) is 77.5 Å². The van der Waals surface area contributed by atoms with Crippen molar-refractivity contribution in [3.8, 4) is 0 Å². The predicted molar refractivity (Wildman–Crippen MR) is 114 cm³/mol. The standard InChI is InChI=1S/C21H40N4O4/c1-5-22-19(23-11-7-14-27-16-18-8-6-15-28-18)24-12-13-25(17-9-10-17)20(26)29-21(2,3)4/h17-18H,5-16H2,1-4H3,(H2,22,23,24). The van der Waals surface area contributed by atoms with Gasteiger partial charge in [0.15, 0.2) is 5.96 Å². The maximum atomic E-state index is 12.4. The molecule has 0 spiro atoms. The second-order valence-electron chi connectivity index (χ2n) is 8.66. The van der Waals surface area contributed by atoms with Crippen molar-refractivity contribution in [1.82, 2.24) is 15.5 Å². The van der Waals surface area contributed by atoms with Crippen LogP contribution in [-0.2, 0) is 14.2 Å². The first kappa shape index (κ1) is 23.7. The monoisotopic (exact) mass is 412 g/mol. The second-order valence-corrected chi connectivity index (χ2v) is 8.66. The molecule has 1 saturated carbocycles. The van der Waals surface area contributed by atoms with Gasteiger partial charge in [-0.1, -0.05) is 0 Å². The normalized spacial score (nSPS) is 19.9. The van der Waals surface area contributed by atoms with E-state index < -0.39 is 5.60 Å². The van der Waals surface area contributed by atoms with Crippen LogP contribution in [0.1, 0.15) is 59.8 Å². The average molecular weight is 413 g/mol. The van der Waals surface area contributed by atoms with E-state index in [1.165, 1.54) is 0 Å². The maximum Gasteiger partial charge on any atom is 0.410 e. The quantitative estimate of drug-likeness (QED) is 0.308. The number of nitrogens with one attached hydrogen (secondary N) is 2. The van der Waals surface area contributed by atoms with E-state index in [1.54, 1.807) is 0 Å². The molecule has 1 heterocycles. The highest BCUT2D eigenvalue weighted by atomic mass is 16.6. The molecule has 1 amide bonds. The van der Waals surface area contributed by atoms with Crippen molar-refractivity contribution >= 4 is 12.1 Å². The number of amides is 1. The van der Waals surface area contributed by atoms with Gasteiger partial charge in [0.25, 0.3) is 0 Å². The summed E-state index contributed by atoms with van der Waals surface area (Å²) in [5.41, 5.74) is -0.472. The van der Waals surface area contributed by atoms with E-state index in [0.29, 0.717) is 38.9 Å². The Hall–Kier alpha value is -1.54. The van der Waals surface area contributed by atoms with Crippen molar-refractivity contribution in [2.75, 3.05) is 46.0 Å². The van der Waals surface area contributed by atoms with Gasteiger partial charge < -0.3 is 29.7 Å². The lowest BCUT2D eigenvalue weighted by Gasteiger charge is -2.27. The van der Waals surface area contributed by atoms with Gasteiger partial charge >= 0.3 is 6.09 Å². The molecular weight excluding hydrogens is 372 g/mol. The van der Waals surface area contributed by atoms with Crippen LogP contribution in [-0.4, -0.2) is 80.7 Å². The highest BCUT2D eigenvalue weighted by Crippen LogP contribution is 2.28. The SMILES string of the molecule is CCNC(=NCCCOCC1CCCO1)NCCN(C(=O)OC(C)(C)C)C1CC1. The van der Waals surface area contributed by atoms with Crippen LogP contribution in [0.2, 0.25) is 0 Å². The molecule has 2 fully saturated rings. The lowest BCUT2D eigenvalue weighted by atomic mass is 10.2. The first-order valence-corrected chi connectivity index (χ1v) is 11.1. The summed E-state index contributed by atoms with van der Waals surface area (Å²) in [5.74, 6) is 0.770. The van der Waals surface area contributed by atoms with Crippen LogP contribution in [0.4, 0.5) is 4.79 Å². The number of nitrogens with zero attached hydrogens (tertiary/aromatic N) is 2. The third-order valence-corrected chi connectivity index (χ3v) is 4.65. The van der Waals surface area contributed by atoms with Gasteiger partial charge in [-0.3, -0.25) is 4.99 Å². The Morgan fingerprint density at radius 3 is 2.66 bits per heavy atom. The molecular formula is C21H40N4O4. The van der Waals surface area contributed by atoms with E-state index >= 15 is 0 Å². The summed E-state index contributed by atoms with van der Waals surface area (Å²) < 4.78 is 16.8. The molecule has 0 aromatic carbocycles. The van der Waals surface area contributed by atoms with E-state index in [1.807, 2.05) is 32.6 Å². The largest absolute Gasteiger partial charge is 0.444 e. The maximum absolute atomic E-state index is 12.4. The van der Waals surface area contributed by atoms with Crippen LogP contribution in [0.15, 0.2) is 4.99 Å². The van der Waals surface area contributed by atoms with E-state index in [2.05, 4.69) is 15.6 Å². The summed E-state index contributed by atoms with van der Waals surface area (Å²) in [4.78, 5) is 18.8. The van der Waals surface area contributed by atoms with Gasteiger partial charge in [0, 0.05) is 45.4 Å². The number of hydrogen-bond acceptors (Lipinski definition) is 5. The van der Waals surface area contributed by atoms with Crippen molar-refractivity contribution in [3.05, 3.63) is 0 Å². The number of guanidine groups is 1. The zero-order valence-corrected chi connectivity index (χ0v) is 18.7. The molecule has 168 valence electrons. The van der Waals surface area contributed by atoms with Gasteiger partial charge in [0.2, 0.25) is 0 Å². The number of carbonyl (C=O) groups is 1. The zero-order chi connectivity index (χ0) is 21.1. The van der Waals surface area contributed by atoms with Crippen LogP contribution >= 0.6 is 0 Å². The van der Waals surface area contributed by atoms with Crippen LogP contribution in [0.5, 0.6) is 0 Å². The Bertz CT molecular complexity index is 511. The van der Waals surface area contributed by atoms with Crippen LogP contribution < -0.4 is 10.6 Å². The molecule has 0 radical (unpaired) electrons. The van der Waals surface area contributed by atoms with Crippen molar-refractivity contribution < 1.29 is 19.0 Å². The van der Waals surface area contributed by atoms with Gasteiger partial charge in [-0.2, -0.15) is 0 Å². The minimum atomic E-state index is -0.472. The number of aliphatic imine (C=N–C) groups is 1. The van der Waals surface area contributed by atoms with E-state index in [9.17, 15) is 4.79 Å². The first-order chi connectivity index (χ1) is 13.9. The predicted octanol–water partition coefficient (Wildman–Crippen LogP) is 2.53. The molecule has 1 saturated heterocycles. The fraction of sp³-hybridized carbons (Fsp3) is 0.905. The number of ether oxygens (including phenoxy) is 3. The minimum absolute atomic E-state index is 0.230. The van der Waals surface area contributed by atoms with E-state index in [4.69, 9.17) is 14.2 Å². The molecule has 8 heteroatoms. The van der Waals surface area contributed by atoms with Gasteiger partial charge in [0.05, 0.1) is 12.7 Å². The van der Waals surface area contributed by atoms with Crippen LogP contribution in [0.3, 0.4) is 0 Å². The summed E-state index contributed by atoms with van der Waals surface area (Å²) in [6, 6.07) is 0.312. The Labute approximate surface area is 175 Å². The molecule has 1 aliphatic heterocycles. The molecule has 1 unspecified atom stereocenters. The first-order valence-electron chi connectivity index (χ1n) is 11.1. The fourth-order valence-corrected chi connectivity index (χ4v) is 3.11. The summed E-state index contributed by atoms with van der Waals surface area (Å²) in [6.45, 7) is 12.7. The minimum Gasteiger partial charge on any atom is -0.444 e. The average Bonchev–Trinajstić information content (AvgIpc) is 3.34. The van der Waals surface area contributed by atoms with Gasteiger partial charge in [-0.05, 0) is 59.8 Å². The second kappa shape index (κ2) is 12.2. The topological polar surface area (TPSA) is 84.4 Å². The molecule has 1 atom stereocenters. The van der Waals surface area contributed by atoms with Crippen molar-refractivity contribution in [2.24, 2.45) is 4.99 Å². The number of rotatable bonds is 11. The third-order valence-electron chi connectivity index (χ3n) is 4.65. The number of carbonyl (C=O) groups excluding carboxylic acids is 1. The molecule has 2 aliphatic rings. The van der Waals surface area contributed by atoms with Gasteiger partial charge in [-0.15, -0.1) is 0 Å². The molecule has 2 N–H and O–H groups in total. The van der Waals surface area contributed by atoms with Gasteiger partial charge in [0.1, 0.15) is 5.60 Å². The molecule has 2 rings (SSSR count). The lowest BCUT2D eigenvalue weighted by molar-refractivity contribution is 0.0171. The van der Waals surface area contributed by atoms with E-state index in [-0.39, 0.29) is 12.2 Å². The Morgan fingerprint density at radius 1 is 1.24 bits per heavy atom. The smallest absolute Gasteiger partial charge is 0.410 e. The Morgan fingerprint density at radius 2 is 2.03 bits per heavy atom. The van der Waals surface area contributed by atoms with Crippen LogP contribution in [0.25, 0.3) is 0 Å². The summed E-state index contributed by atoms with van der Waals surface area (Å²) >= 11 is 0. The highest BCUT2D eigenvalue weighted by Gasteiger charge is 2.34. The molecule has 0 aromatic rings. The Kier molecular flexibility index (Phi) is 10.0. The molecule has 0 bridgehead atoms. The number of hydrogen-bond donors (Lipinski definition) is 2. The van der Waals surface area contributed by atoms with Crippen LogP contribution in [0, 0.1) is 0 Å². The molecule has 0 aromatic heterocycles. The van der Waals surface area contributed by atoms with Crippen molar-refractivity contribution in [3.63, 3.8) is 0 Å². The Balaban J connectivity index is 1.65. The highest BCUT2D eigenvalue weighted by molar-refractivity contribution is 5.79. The zero-order valence-electron chi connectivity index (χ0n) is 18.7. The van der Waals surface area contributed by atoms with Crippen molar-refractivity contribution in [1.29, 1.82) is 0 Å². The van der Waals surface area contributed by atoms with Gasteiger partial charge in [-0.25, -0.2) is 4.79 Å². The summed E-state index contributed by atoms with van der Waals surface area (Å²) in [5, 5.41) is 6.56. The summed E-state index contributed by atoms with van der Waals surface area (Å²) in [7, 11) is 0. The lowest BCUT2D eigenvalue weighted by Crippen LogP contribution is -2.45. The third kappa shape index (κ3) is 10.2. The summed E-state index contributed by atoms with van der Waals surface area (Å²) in [6.07, 6.45) is 5.27.